The van der Waals surface area contributed by atoms with Gasteiger partial charge in [0.2, 0.25) is 5.91 Å². The molecular formula is C14H21N3O3. The molecule has 0 aromatic carbocycles. The molecule has 110 valence electrons. The molecule has 2 amide bonds. The quantitative estimate of drug-likeness (QED) is 0.844. The van der Waals surface area contributed by atoms with Crippen molar-refractivity contribution in [3.63, 3.8) is 0 Å². The molecule has 3 unspecified atom stereocenters. The maximum Gasteiger partial charge on any atom is 0.255 e. The molecule has 6 nitrogen and oxygen atoms in total. The van der Waals surface area contributed by atoms with Gasteiger partial charge >= 0.3 is 0 Å². The van der Waals surface area contributed by atoms with Gasteiger partial charge in [0.15, 0.2) is 0 Å². The summed E-state index contributed by atoms with van der Waals surface area (Å²) in [6.45, 7) is 4.97. The van der Waals surface area contributed by atoms with E-state index in [-0.39, 0.29) is 17.9 Å². The molecule has 0 radical (unpaired) electrons. The number of likely N-dealkylation sites (tertiary alicyclic amines) is 1. The van der Waals surface area contributed by atoms with E-state index in [0.29, 0.717) is 24.6 Å². The lowest BCUT2D eigenvalue weighted by molar-refractivity contribution is -0.133. The summed E-state index contributed by atoms with van der Waals surface area (Å²) in [6, 6.07) is 1.18. The number of hydrogen-bond acceptors (Lipinski definition) is 4. The number of carbonyl (C=O) groups is 2. The van der Waals surface area contributed by atoms with Crippen molar-refractivity contribution in [1.29, 1.82) is 0 Å². The first-order chi connectivity index (χ1) is 9.52. The van der Waals surface area contributed by atoms with E-state index in [1.165, 1.54) is 12.5 Å². The van der Waals surface area contributed by atoms with Crippen LogP contribution in [0.1, 0.15) is 30.6 Å². The number of carbonyl (C=O) groups excluding carboxylic acids is 2. The molecule has 6 heteroatoms. The average Bonchev–Trinajstić information content (AvgIpc) is 3.06. The monoisotopic (exact) mass is 279 g/mol. The normalized spacial score (nSPS) is 23.6. The van der Waals surface area contributed by atoms with Crippen LogP contribution in [0.3, 0.4) is 0 Å². The largest absolute Gasteiger partial charge is 0.472 e. The number of furan rings is 1. The summed E-state index contributed by atoms with van der Waals surface area (Å²) >= 11 is 0. The molecule has 0 bridgehead atoms. The van der Waals surface area contributed by atoms with E-state index in [1.54, 1.807) is 17.9 Å². The molecule has 1 fully saturated rings. The summed E-state index contributed by atoms with van der Waals surface area (Å²) in [7, 11) is 0. The Morgan fingerprint density at radius 1 is 1.60 bits per heavy atom. The van der Waals surface area contributed by atoms with Crippen LogP contribution in [-0.2, 0) is 4.79 Å². The van der Waals surface area contributed by atoms with Crippen molar-refractivity contribution >= 4 is 11.8 Å². The van der Waals surface area contributed by atoms with Crippen LogP contribution < -0.4 is 11.1 Å². The Kier molecular flexibility index (Phi) is 4.44. The van der Waals surface area contributed by atoms with E-state index in [9.17, 15) is 9.59 Å². The van der Waals surface area contributed by atoms with Gasteiger partial charge < -0.3 is 20.4 Å². The van der Waals surface area contributed by atoms with Gasteiger partial charge in [-0.05, 0) is 38.8 Å². The maximum absolute atomic E-state index is 12.4. The Morgan fingerprint density at radius 3 is 2.90 bits per heavy atom. The third-order valence-electron chi connectivity index (χ3n) is 3.78. The molecule has 2 heterocycles. The molecule has 3 N–H and O–H groups in total. The fourth-order valence-corrected chi connectivity index (χ4v) is 2.60. The molecule has 3 atom stereocenters. The van der Waals surface area contributed by atoms with Crippen molar-refractivity contribution in [2.24, 2.45) is 11.7 Å². The molecule has 1 saturated heterocycles. The molecule has 2 rings (SSSR count). The fourth-order valence-electron chi connectivity index (χ4n) is 2.60. The van der Waals surface area contributed by atoms with Crippen LogP contribution in [0.5, 0.6) is 0 Å². The summed E-state index contributed by atoms with van der Waals surface area (Å²) in [5.41, 5.74) is 6.08. The van der Waals surface area contributed by atoms with Crippen molar-refractivity contribution in [2.45, 2.75) is 32.4 Å². The van der Waals surface area contributed by atoms with E-state index < -0.39 is 6.04 Å². The molecule has 0 aliphatic carbocycles. The highest BCUT2D eigenvalue weighted by Crippen LogP contribution is 2.22. The molecule has 1 aromatic heterocycles. The van der Waals surface area contributed by atoms with Gasteiger partial charge in [0, 0.05) is 12.6 Å². The van der Waals surface area contributed by atoms with Crippen LogP contribution in [0.25, 0.3) is 0 Å². The first kappa shape index (κ1) is 14.6. The zero-order chi connectivity index (χ0) is 14.7. The fraction of sp³-hybridized carbons (Fsp3) is 0.571. The highest BCUT2D eigenvalue weighted by Gasteiger charge is 2.34. The van der Waals surface area contributed by atoms with Crippen LogP contribution in [0, 0.1) is 5.92 Å². The highest BCUT2D eigenvalue weighted by atomic mass is 16.3. The minimum atomic E-state index is -0.559. The van der Waals surface area contributed by atoms with Crippen molar-refractivity contribution in [3.05, 3.63) is 24.2 Å². The SMILES string of the molecule is CC(NC(=O)c1ccoc1)C(=O)N1CC(CN)CC1C. The van der Waals surface area contributed by atoms with Gasteiger partial charge in [-0.3, -0.25) is 9.59 Å². The predicted octanol–water partition coefficient (Wildman–Crippen LogP) is 0.594. The highest BCUT2D eigenvalue weighted by molar-refractivity contribution is 5.97. The molecule has 1 aliphatic rings. The van der Waals surface area contributed by atoms with Crippen LogP contribution in [0.4, 0.5) is 0 Å². The Morgan fingerprint density at radius 2 is 2.35 bits per heavy atom. The van der Waals surface area contributed by atoms with Crippen molar-refractivity contribution < 1.29 is 14.0 Å². The average molecular weight is 279 g/mol. The van der Waals surface area contributed by atoms with Gasteiger partial charge in [-0.15, -0.1) is 0 Å². The summed E-state index contributed by atoms with van der Waals surface area (Å²) in [5.74, 6) is -0.0159. The van der Waals surface area contributed by atoms with Gasteiger partial charge in [0.05, 0.1) is 11.8 Å². The Bertz CT molecular complexity index is 472. The molecule has 1 aliphatic heterocycles. The summed E-state index contributed by atoms with van der Waals surface area (Å²) in [4.78, 5) is 26.0. The molecule has 0 saturated carbocycles. The van der Waals surface area contributed by atoms with Gasteiger partial charge in [0.1, 0.15) is 12.3 Å². The van der Waals surface area contributed by atoms with Crippen molar-refractivity contribution in [3.8, 4) is 0 Å². The minimum Gasteiger partial charge on any atom is -0.472 e. The third-order valence-corrected chi connectivity index (χ3v) is 3.78. The molecule has 1 aromatic rings. The zero-order valence-electron chi connectivity index (χ0n) is 11.8. The smallest absolute Gasteiger partial charge is 0.255 e. The van der Waals surface area contributed by atoms with Gasteiger partial charge in [-0.25, -0.2) is 0 Å². The predicted molar refractivity (Wildman–Crippen MR) is 74.0 cm³/mol. The minimum absolute atomic E-state index is 0.0645. The first-order valence-corrected chi connectivity index (χ1v) is 6.86. The van der Waals surface area contributed by atoms with E-state index in [0.717, 1.165) is 6.42 Å². The van der Waals surface area contributed by atoms with E-state index >= 15 is 0 Å². The summed E-state index contributed by atoms with van der Waals surface area (Å²) in [6.07, 6.45) is 3.70. The van der Waals surface area contributed by atoms with E-state index in [1.807, 2.05) is 6.92 Å². The van der Waals surface area contributed by atoms with E-state index in [4.69, 9.17) is 10.2 Å². The van der Waals surface area contributed by atoms with Gasteiger partial charge in [0.25, 0.3) is 5.91 Å². The second-order valence-corrected chi connectivity index (χ2v) is 5.38. The number of nitrogens with one attached hydrogen (secondary N) is 1. The number of rotatable bonds is 4. The lowest BCUT2D eigenvalue weighted by atomic mass is 10.1. The third kappa shape index (κ3) is 3.01. The zero-order valence-corrected chi connectivity index (χ0v) is 11.8. The first-order valence-electron chi connectivity index (χ1n) is 6.86. The van der Waals surface area contributed by atoms with Gasteiger partial charge in [-0.2, -0.15) is 0 Å². The Hall–Kier alpha value is -1.82. The van der Waals surface area contributed by atoms with Gasteiger partial charge in [-0.1, -0.05) is 0 Å². The molecule has 0 spiro atoms. The summed E-state index contributed by atoms with van der Waals surface area (Å²) < 4.78 is 4.85. The van der Waals surface area contributed by atoms with Crippen LogP contribution in [-0.4, -0.2) is 41.9 Å². The molecule has 20 heavy (non-hydrogen) atoms. The summed E-state index contributed by atoms with van der Waals surface area (Å²) in [5, 5.41) is 2.69. The lowest BCUT2D eigenvalue weighted by Crippen LogP contribution is -2.48. The second kappa shape index (κ2) is 6.09. The van der Waals surface area contributed by atoms with Crippen molar-refractivity contribution in [1.82, 2.24) is 10.2 Å². The van der Waals surface area contributed by atoms with Crippen LogP contribution in [0.15, 0.2) is 23.0 Å². The number of hydrogen-bond donors (Lipinski definition) is 2. The Labute approximate surface area is 118 Å². The lowest BCUT2D eigenvalue weighted by Gasteiger charge is -2.25. The number of amides is 2. The standard InChI is InChI=1S/C14H21N3O3/c1-9-5-11(6-15)7-17(9)14(19)10(2)16-13(18)12-3-4-20-8-12/h3-4,8-11H,5-7,15H2,1-2H3,(H,16,18). The van der Waals surface area contributed by atoms with E-state index in [2.05, 4.69) is 5.32 Å². The Balaban J connectivity index is 1.94. The van der Waals surface area contributed by atoms with Crippen LogP contribution >= 0.6 is 0 Å². The topological polar surface area (TPSA) is 88.6 Å². The molecular weight excluding hydrogens is 258 g/mol. The number of nitrogens with two attached hydrogens (primary N) is 1. The maximum atomic E-state index is 12.4. The number of nitrogens with zero attached hydrogens (tertiary/aromatic N) is 1. The van der Waals surface area contributed by atoms with Crippen molar-refractivity contribution in [2.75, 3.05) is 13.1 Å². The van der Waals surface area contributed by atoms with Crippen LogP contribution in [0.2, 0.25) is 0 Å². The second-order valence-electron chi connectivity index (χ2n) is 5.38.